The van der Waals surface area contributed by atoms with Gasteiger partial charge in [-0.1, -0.05) is 0 Å². The van der Waals surface area contributed by atoms with E-state index in [9.17, 15) is 14.7 Å². The fourth-order valence-electron chi connectivity index (χ4n) is 3.23. The largest absolute Gasteiger partial charge is 0.481 e. The molecule has 1 amide bonds. The molecule has 0 aliphatic carbocycles. The molecule has 0 bridgehead atoms. The second-order valence-corrected chi connectivity index (χ2v) is 7.01. The van der Waals surface area contributed by atoms with Crippen molar-refractivity contribution in [3.05, 3.63) is 22.4 Å². The summed E-state index contributed by atoms with van der Waals surface area (Å²) in [4.78, 5) is 26.0. The van der Waals surface area contributed by atoms with Gasteiger partial charge in [-0.2, -0.15) is 11.3 Å². The molecule has 1 atom stereocenters. The van der Waals surface area contributed by atoms with Gasteiger partial charge in [0.2, 0.25) is 5.91 Å². The van der Waals surface area contributed by atoms with Crippen LogP contribution in [0.2, 0.25) is 0 Å². The van der Waals surface area contributed by atoms with Crippen molar-refractivity contribution >= 4 is 23.2 Å². The molecule has 1 saturated heterocycles. The first-order chi connectivity index (χ1) is 11.1. The maximum atomic E-state index is 12.4. The summed E-state index contributed by atoms with van der Waals surface area (Å²) < 4.78 is 5.04. The number of hydrogen-bond acceptors (Lipinski definition) is 4. The van der Waals surface area contributed by atoms with Crippen LogP contribution in [0.1, 0.15) is 37.7 Å². The van der Waals surface area contributed by atoms with Crippen LogP contribution >= 0.6 is 11.3 Å². The second-order valence-electron chi connectivity index (χ2n) is 6.23. The van der Waals surface area contributed by atoms with Crippen molar-refractivity contribution in [2.75, 3.05) is 26.8 Å². The number of aliphatic carboxylic acids is 1. The van der Waals surface area contributed by atoms with E-state index in [2.05, 4.69) is 5.38 Å². The van der Waals surface area contributed by atoms with Gasteiger partial charge in [0.15, 0.2) is 0 Å². The van der Waals surface area contributed by atoms with Crippen molar-refractivity contribution in [3.63, 3.8) is 0 Å². The van der Waals surface area contributed by atoms with Gasteiger partial charge in [-0.15, -0.1) is 0 Å². The van der Waals surface area contributed by atoms with E-state index in [-0.39, 0.29) is 5.91 Å². The first-order valence-corrected chi connectivity index (χ1v) is 9.03. The number of carbonyl (C=O) groups excluding carboxylic acids is 1. The molecule has 6 heteroatoms. The topological polar surface area (TPSA) is 66.8 Å². The summed E-state index contributed by atoms with van der Waals surface area (Å²) in [6.45, 7) is 1.55. The minimum Gasteiger partial charge on any atom is -0.481 e. The van der Waals surface area contributed by atoms with Crippen molar-refractivity contribution < 1.29 is 19.4 Å². The Labute approximate surface area is 141 Å². The number of thiophene rings is 1. The highest BCUT2D eigenvalue weighted by Gasteiger charge is 2.42. The average molecular weight is 339 g/mol. The molecule has 128 valence electrons. The summed E-state index contributed by atoms with van der Waals surface area (Å²) in [5, 5.41) is 13.7. The van der Waals surface area contributed by atoms with Crippen LogP contribution in [0.4, 0.5) is 0 Å². The summed E-state index contributed by atoms with van der Waals surface area (Å²) in [6.07, 6.45) is 3.83. The Balaban J connectivity index is 1.93. The van der Waals surface area contributed by atoms with Gasteiger partial charge in [0, 0.05) is 33.2 Å². The highest BCUT2D eigenvalue weighted by Crippen LogP contribution is 2.35. The predicted molar refractivity (Wildman–Crippen MR) is 89.6 cm³/mol. The van der Waals surface area contributed by atoms with Gasteiger partial charge in [-0.3, -0.25) is 9.59 Å². The van der Waals surface area contributed by atoms with Crippen molar-refractivity contribution in [2.45, 2.75) is 38.5 Å². The fourth-order valence-corrected chi connectivity index (χ4v) is 3.93. The molecule has 1 aliphatic rings. The maximum Gasteiger partial charge on any atom is 0.311 e. The molecule has 1 fully saturated rings. The highest BCUT2D eigenvalue weighted by molar-refractivity contribution is 7.07. The third-order valence-corrected chi connectivity index (χ3v) is 5.33. The zero-order chi connectivity index (χ0) is 16.7. The van der Waals surface area contributed by atoms with Gasteiger partial charge in [-0.05, 0) is 54.5 Å². The Morgan fingerprint density at radius 2 is 2.30 bits per heavy atom. The minimum absolute atomic E-state index is 0.0632. The van der Waals surface area contributed by atoms with Crippen LogP contribution in [0.3, 0.4) is 0 Å². The molecule has 1 N–H and O–H groups in total. The van der Waals surface area contributed by atoms with Crippen molar-refractivity contribution in [3.8, 4) is 0 Å². The molecule has 2 rings (SSSR count). The molecule has 0 spiro atoms. The van der Waals surface area contributed by atoms with Crippen molar-refractivity contribution in [2.24, 2.45) is 5.41 Å². The van der Waals surface area contributed by atoms with Gasteiger partial charge in [0.25, 0.3) is 0 Å². The van der Waals surface area contributed by atoms with Crippen LogP contribution in [0, 0.1) is 5.41 Å². The van der Waals surface area contributed by atoms with Crippen molar-refractivity contribution in [1.29, 1.82) is 0 Å². The Hall–Kier alpha value is -1.40. The number of carboxylic acid groups (broad SMARTS) is 1. The van der Waals surface area contributed by atoms with Crippen LogP contribution in [-0.2, 0) is 20.7 Å². The minimum atomic E-state index is -0.811. The number of carboxylic acids is 1. The van der Waals surface area contributed by atoms with Crippen LogP contribution in [0.25, 0.3) is 0 Å². The number of nitrogens with zero attached hydrogens (tertiary/aromatic N) is 1. The molecule has 0 radical (unpaired) electrons. The van der Waals surface area contributed by atoms with Crippen LogP contribution in [0.15, 0.2) is 16.8 Å². The lowest BCUT2D eigenvalue weighted by atomic mass is 9.76. The Kier molecular flexibility index (Phi) is 6.59. The van der Waals surface area contributed by atoms with Crippen LogP contribution < -0.4 is 0 Å². The standard InChI is InChI=1S/C17H25NO4S/c1-22-10-3-8-17(16(20)21)7-2-9-18(13-17)15(19)5-4-14-6-11-23-12-14/h6,11-12H,2-5,7-10,13H2,1H3,(H,20,21)/t17-/m1/s1. The SMILES string of the molecule is COCCC[C@]1(C(=O)O)CCCN(C(=O)CCc2ccsc2)C1. The average Bonchev–Trinajstić information content (AvgIpc) is 3.06. The van der Waals surface area contributed by atoms with E-state index in [4.69, 9.17) is 4.74 Å². The lowest BCUT2D eigenvalue weighted by Crippen LogP contribution is -2.50. The highest BCUT2D eigenvalue weighted by atomic mass is 32.1. The predicted octanol–water partition coefficient (Wildman–Crippen LogP) is 2.80. The van der Waals surface area contributed by atoms with E-state index < -0.39 is 11.4 Å². The van der Waals surface area contributed by atoms with Gasteiger partial charge in [-0.25, -0.2) is 0 Å². The first-order valence-electron chi connectivity index (χ1n) is 8.08. The number of ether oxygens (including phenoxy) is 1. The van der Waals surface area contributed by atoms with E-state index >= 15 is 0 Å². The van der Waals surface area contributed by atoms with Crippen LogP contribution in [-0.4, -0.2) is 48.7 Å². The summed E-state index contributed by atoms with van der Waals surface area (Å²) in [5.74, 6) is -0.725. The number of aryl methyl sites for hydroxylation is 1. The van der Waals surface area contributed by atoms with Crippen molar-refractivity contribution in [1.82, 2.24) is 4.90 Å². The van der Waals surface area contributed by atoms with E-state index in [0.29, 0.717) is 45.4 Å². The summed E-state index contributed by atoms with van der Waals surface area (Å²) >= 11 is 1.63. The molecule has 1 aromatic rings. The summed E-state index contributed by atoms with van der Waals surface area (Å²) in [6, 6.07) is 2.03. The molecule has 2 heterocycles. The Morgan fingerprint density at radius 3 is 2.96 bits per heavy atom. The van der Waals surface area contributed by atoms with E-state index in [1.807, 2.05) is 11.4 Å². The number of carbonyl (C=O) groups is 2. The van der Waals surface area contributed by atoms with Gasteiger partial charge < -0.3 is 14.7 Å². The zero-order valence-corrected chi connectivity index (χ0v) is 14.4. The number of hydrogen-bond donors (Lipinski definition) is 1. The normalized spacial score (nSPS) is 21.3. The third kappa shape index (κ3) is 4.78. The maximum absolute atomic E-state index is 12.4. The Morgan fingerprint density at radius 1 is 1.48 bits per heavy atom. The molecule has 0 unspecified atom stereocenters. The fraction of sp³-hybridized carbons (Fsp3) is 0.647. The molecule has 1 aliphatic heterocycles. The number of piperidine rings is 1. The number of amides is 1. The van der Waals surface area contributed by atoms with Gasteiger partial charge >= 0.3 is 5.97 Å². The molecule has 1 aromatic heterocycles. The summed E-state index contributed by atoms with van der Waals surface area (Å²) in [5.41, 5.74) is 0.361. The number of methoxy groups -OCH3 is 1. The lowest BCUT2D eigenvalue weighted by molar-refractivity contribution is -0.155. The van der Waals surface area contributed by atoms with E-state index in [0.717, 1.165) is 12.8 Å². The van der Waals surface area contributed by atoms with Gasteiger partial charge in [0.05, 0.1) is 5.41 Å². The molecule has 5 nitrogen and oxygen atoms in total. The Bertz CT molecular complexity index is 517. The van der Waals surface area contributed by atoms with E-state index in [1.165, 1.54) is 5.56 Å². The monoisotopic (exact) mass is 339 g/mol. The first kappa shape index (κ1) is 17.9. The molecular formula is C17H25NO4S. The second kappa shape index (κ2) is 8.45. The molecule has 0 saturated carbocycles. The lowest BCUT2D eigenvalue weighted by Gasteiger charge is -2.40. The zero-order valence-electron chi connectivity index (χ0n) is 13.6. The molecular weight excluding hydrogens is 314 g/mol. The van der Waals surface area contributed by atoms with Crippen LogP contribution in [0.5, 0.6) is 0 Å². The quantitative estimate of drug-likeness (QED) is 0.740. The number of rotatable bonds is 8. The summed E-state index contributed by atoms with van der Waals surface area (Å²) in [7, 11) is 1.62. The number of likely N-dealkylation sites (tertiary alicyclic amines) is 1. The smallest absolute Gasteiger partial charge is 0.311 e. The third-order valence-electron chi connectivity index (χ3n) is 4.59. The molecule has 23 heavy (non-hydrogen) atoms. The van der Waals surface area contributed by atoms with Gasteiger partial charge in [0.1, 0.15) is 0 Å². The van der Waals surface area contributed by atoms with E-state index in [1.54, 1.807) is 23.3 Å². The molecule has 0 aromatic carbocycles.